The van der Waals surface area contributed by atoms with Crippen LogP contribution in [0.1, 0.15) is 22.0 Å². The summed E-state index contributed by atoms with van der Waals surface area (Å²) in [6.07, 6.45) is -0.0364. The SMILES string of the molecule is CS(=O)(=O)Nc1cc(C(O)CNCCOc2ccc(-c3ccc(C(=O)O)cc3)cc2F)ccc1O. The van der Waals surface area contributed by atoms with Gasteiger partial charge in [-0.1, -0.05) is 24.3 Å². The van der Waals surface area contributed by atoms with Crippen molar-refractivity contribution in [3.8, 4) is 22.6 Å². The minimum absolute atomic E-state index is 0.0378. The van der Waals surface area contributed by atoms with Crippen molar-refractivity contribution < 1.29 is 37.7 Å². The minimum Gasteiger partial charge on any atom is -0.506 e. The first-order chi connectivity index (χ1) is 16.5. The zero-order chi connectivity index (χ0) is 25.6. The lowest BCUT2D eigenvalue weighted by molar-refractivity contribution is 0.0697. The minimum atomic E-state index is -3.60. The third-order valence-corrected chi connectivity index (χ3v) is 5.56. The van der Waals surface area contributed by atoms with Gasteiger partial charge in [0.15, 0.2) is 11.6 Å². The Balaban J connectivity index is 1.49. The van der Waals surface area contributed by atoms with Crippen LogP contribution in [0.25, 0.3) is 11.1 Å². The molecule has 11 heteroatoms. The summed E-state index contributed by atoms with van der Waals surface area (Å²) < 4.78 is 44.8. The van der Waals surface area contributed by atoms with Crippen molar-refractivity contribution in [2.45, 2.75) is 6.10 Å². The molecule has 5 N–H and O–H groups in total. The standard InChI is InChI=1S/C24H25FN2O7S/c1-35(32,33)27-20-13-18(6-8-21(20)28)22(29)14-26-10-11-34-23-9-7-17(12-19(23)25)15-2-4-16(5-3-15)24(30)31/h2-9,12-13,22,26-29H,10-11,14H2,1H3,(H,30,31). The molecule has 3 rings (SSSR count). The number of ether oxygens (including phenoxy) is 1. The average Bonchev–Trinajstić information content (AvgIpc) is 2.80. The summed E-state index contributed by atoms with van der Waals surface area (Å²) in [6.45, 7) is 0.522. The molecule has 0 radical (unpaired) electrons. The second-order valence-corrected chi connectivity index (χ2v) is 9.50. The van der Waals surface area contributed by atoms with Crippen LogP contribution in [0.2, 0.25) is 0 Å². The van der Waals surface area contributed by atoms with Gasteiger partial charge in [-0.25, -0.2) is 17.6 Å². The van der Waals surface area contributed by atoms with E-state index in [4.69, 9.17) is 9.84 Å². The summed E-state index contributed by atoms with van der Waals surface area (Å²) in [4.78, 5) is 10.9. The van der Waals surface area contributed by atoms with Gasteiger partial charge in [0.25, 0.3) is 0 Å². The number of phenols is 1. The van der Waals surface area contributed by atoms with Gasteiger partial charge >= 0.3 is 5.97 Å². The van der Waals surface area contributed by atoms with Gasteiger partial charge in [0.05, 0.1) is 23.6 Å². The molecule has 186 valence electrons. The smallest absolute Gasteiger partial charge is 0.335 e. The Morgan fingerprint density at radius 2 is 1.74 bits per heavy atom. The number of nitrogens with one attached hydrogen (secondary N) is 2. The van der Waals surface area contributed by atoms with Crippen LogP contribution in [0.5, 0.6) is 11.5 Å². The number of carboxylic acids is 1. The van der Waals surface area contributed by atoms with E-state index in [-0.39, 0.29) is 35.9 Å². The van der Waals surface area contributed by atoms with Crippen molar-refractivity contribution in [1.82, 2.24) is 5.32 Å². The number of anilines is 1. The molecule has 0 aliphatic heterocycles. The molecule has 9 nitrogen and oxygen atoms in total. The Morgan fingerprint density at radius 1 is 1.06 bits per heavy atom. The lowest BCUT2D eigenvalue weighted by atomic mass is 10.0. The van der Waals surface area contributed by atoms with Crippen molar-refractivity contribution >= 4 is 21.7 Å². The molecular formula is C24H25FN2O7S. The first kappa shape index (κ1) is 25.9. The summed E-state index contributed by atoms with van der Waals surface area (Å²) >= 11 is 0. The molecular weight excluding hydrogens is 479 g/mol. The molecule has 0 saturated heterocycles. The van der Waals surface area contributed by atoms with Crippen LogP contribution < -0.4 is 14.8 Å². The number of hydrogen-bond donors (Lipinski definition) is 5. The lowest BCUT2D eigenvalue weighted by Crippen LogP contribution is -2.26. The number of carboxylic acid groups (broad SMARTS) is 1. The second-order valence-electron chi connectivity index (χ2n) is 7.75. The number of aliphatic hydroxyl groups is 1. The van der Waals surface area contributed by atoms with Crippen LogP contribution in [0.4, 0.5) is 10.1 Å². The van der Waals surface area contributed by atoms with Gasteiger partial charge < -0.3 is 25.4 Å². The molecule has 0 amide bonds. The zero-order valence-corrected chi connectivity index (χ0v) is 19.5. The van der Waals surface area contributed by atoms with Crippen LogP contribution in [0.15, 0.2) is 60.7 Å². The monoisotopic (exact) mass is 504 g/mol. The van der Waals surface area contributed by atoms with Crippen molar-refractivity contribution in [2.75, 3.05) is 30.7 Å². The number of rotatable bonds is 11. The largest absolute Gasteiger partial charge is 0.506 e. The molecule has 0 aliphatic rings. The van der Waals surface area contributed by atoms with E-state index in [9.17, 15) is 27.8 Å². The Morgan fingerprint density at radius 3 is 2.37 bits per heavy atom. The van der Waals surface area contributed by atoms with Gasteiger partial charge in [0, 0.05) is 13.1 Å². The van der Waals surface area contributed by atoms with Crippen molar-refractivity contribution in [2.24, 2.45) is 0 Å². The fourth-order valence-electron chi connectivity index (χ4n) is 3.23. The Kier molecular flexibility index (Phi) is 8.28. The summed E-state index contributed by atoms with van der Waals surface area (Å²) in [5.41, 5.74) is 1.74. The normalized spacial score (nSPS) is 12.2. The molecule has 0 aromatic heterocycles. The van der Waals surface area contributed by atoms with E-state index in [2.05, 4.69) is 10.0 Å². The third kappa shape index (κ3) is 7.41. The average molecular weight is 505 g/mol. The van der Waals surface area contributed by atoms with Gasteiger partial charge in [-0.05, 0) is 53.1 Å². The molecule has 3 aromatic carbocycles. The number of halogens is 1. The number of aromatic carboxylic acids is 1. The van der Waals surface area contributed by atoms with E-state index in [1.165, 1.54) is 42.5 Å². The molecule has 0 spiro atoms. The lowest BCUT2D eigenvalue weighted by Gasteiger charge is -2.15. The number of hydrogen-bond acceptors (Lipinski definition) is 7. The summed E-state index contributed by atoms with van der Waals surface area (Å²) in [7, 11) is -3.60. The fraction of sp³-hybridized carbons (Fsp3) is 0.208. The molecule has 0 bridgehead atoms. The number of benzene rings is 3. The quantitative estimate of drug-likeness (QED) is 0.198. The van der Waals surface area contributed by atoms with E-state index < -0.39 is 27.9 Å². The van der Waals surface area contributed by atoms with E-state index in [0.29, 0.717) is 23.2 Å². The van der Waals surface area contributed by atoms with Crippen LogP contribution in [0, 0.1) is 5.82 Å². The highest BCUT2D eigenvalue weighted by atomic mass is 32.2. The molecule has 0 heterocycles. The van der Waals surface area contributed by atoms with Gasteiger partial charge in [0.1, 0.15) is 12.4 Å². The molecule has 0 fully saturated rings. The molecule has 1 atom stereocenters. The van der Waals surface area contributed by atoms with Crippen LogP contribution >= 0.6 is 0 Å². The molecule has 3 aromatic rings. The third-order valence-electron chi connectivity index (χ3n) is 4.97. The van der Waals surface area contributed by atoms with Crippen LogP contribution in [-0.4, -0.2) is 55.7 Å². The predicted octanol–water partition coefficient (Wildman–Crippen LogP) is 2.97. The van der Waals surface area contributed by atoms with E-state index in [1.54, 1.807) is 18.2 Å². The van der Waals surface area contributed by atoms with E-state index in [0.717, 1.165) is 6.26 Å². The topological polar surface area (TPSA) is 145 Å². The number of sulfonamides is 1. The van der Waals surface area contributed by atoms with Crippen molar-refractivity contribution in [3.05, 3.63) is 77.6 Å². The van der Waals surface area contributed by atoms with Crippen LogP contribution in [0.3, 0.4) is 0 Å². The number of carbonyl (C=O) groups is 1. The summed E-state index contributed by atoms with van der Waals surface area (Å²) in [5.74, 6) is -1.82. The maximum absolute atomic E-state index is 14.4. The first-order valence-corrected chi connectivity index (χ1v) is 12.4. The Labute approximate surface area is 201 Å². The highest BCUT2D eigenvalue weighted by Gasteiger charge is 2.13. The van der Waals surface area contributed by atoms with Crippen molar-refractivity contribution in [3.63, 3.8) is 0 Å². The number of phenolic OH excluding ortho intramolecular Hbond substituents is 1. The van der Waals surface area contributed by atoms with Gasteiger partial charge in [-0.3, -0.25) is 4.72 Å². The molecule has 0 aliphatic carbocycles. The van der Waals surface area contributed by atoms with Gasteiger partial charge in [-0.2, -0.15) is 0 Å². The maximum Gasteiger partial charge on any atom is 0.335 e. The zero-order valence-electron chi connectivity index (χ0n) is 18.7. The predicted molar refractivity (Wildman–Crippen MR) is 129 cm³/mol. The molecule has 1 unspecified atom stereocenters. The number of aromatic hydroxyl groups is 1. The summed E-state index contributed by atoms with van der Waals surface area (Å²) in [5, 5.41) is 32.0. The Bertz CT molecular complexity index is 1300. The van der Waals surface area contributed by atoms with Crippen LogP contribution in [-0.2, 0) is 10.0 Å². The van der Waals surface area contributed by atoms with Gasteiger partial charge in [0.2, 0.25) is 10.0 Å². The Hall–Kier alpha value is -3.67. The number of aliphatic hydroxyl groups excluding tert-OH is 1. The molecule has 35 heavy (non-hydrogen) atoms. The van der Waals surface area contributed by atoms with E-state index in [1.807, 2.05) is 0 Å². The first-order valence-electron chi connectivity index (χ1n) is 10.5. The van der Waals surface area contributed by atoms with Crippen molar-refractivity contribution in [1.29, 1.82) is 0 Å². The summed E-state index contributed by atoms with van der Waals surface area (Å²) in [6, 6.07) is 14.6. The van der Waals surface area contributed by atoms with E-state index >= 15 is 0 Å². The fourth-order valence-corrected chi connectivity index (χ4v) is 3.80. The highest BCUT2D eigenvalue weighted by Crippen LogP contribution is 2.28. The maximum atomic E-state index is 14.4. The highest BCUT2D eigenvalue weighted by molar-refractivity contribution is 7.92. The second kappa shape index (κ2) is 11.2. The van der Waals surface area contributed by atoms with Gasteiger partial charge in [-0.15, -0.1) is 0 Å². The molecule has 0 saturated carbocycles.